The maximum Gasteiger partial charge on any atom is 0.317 e. The number of nitrogens with one attached hydrogen (secondary N) is 1. The van der Waals surface area contributed by atoms with Crippen molar-refractivity contribution in [3.8, 4) is 0 Å². The molecule has 2 amide bonds. The van der Waals surface area contributed by atoms with Gasteiger partial charge in [0.2, 0.25) is 0 Å². The van der Waals surface area contributed by atoms with Crippen LogP contribution in [0.5, 0.6) is 0 Å². The lowest BCUT2D eigenvalue weighted by molar-refractivity contribution is -0.00964. The van der Waals surface area contributed by atoms with E-state index in [0.29, 0.717) is 38.4 Å². The number of morpholine rings is 1. The maximum absolute atomic E-state index is 11.8. The second-order valence-electron chi connectivity index (χ2n) is 4.29. The molecule has 2 rings (SSSR count). The Labute approximate surface area is 96.1 Å². The molecule has 1 saturated carbocycles. The number of hydrogen-bond donors (Lipinski definition) is 1. The van der Waals surface area contributed by atoms with Crippen molar-refractivity contribution < 1.29 is 14.3 Å². The normalized spacial score (nSPS) is 29.7. The quantitative estimate of drug-likeness (QED) is 0.769. The molecule has 5 heteroatoms. The number of carbonyl (C=O) groups excluding carboxylic acids is 1. The summed E-state index contributed by atoms with van der Waals surface area (Å²) >= 11 is 0. The molecule has 5 nitrogen and oxygen atoms in total. The first-order valence-corrected chi connectivity index (χ1v) is 6.04. The molecule has 1 heterocycles. The van der Waals surface area contributed by atoms with Crippen LogP contribution in [0, 0.1) is 0 Å². The molecule has 0 radical (unpaired) electrons. The average molecular weight is 228 g/mol. The van der Waals surface area contributed by atoms with Crippen LogP contribution < -0.4 is 5.32 Å². The SMILES string of the molecule is CCOC1CC(NC(=O)N2CCOCC2)C1. The van der Waals surface area contributed by atoms with Crippen LogP contribution in [0.2, 0.25) is 0 Å². The third-order valence-electron chi connectivity index (χ3n) is 3.12. The van der Waals surface area contributed by atoms with E-state index >= 15 is 0 Å². The molecule has 92 valence electrons. The van der Waals surface area contributed by atoms with Crippen LogP contribution in [0.4, 0.5) is 4.79 Å². The minimum absolute atomic E-state index is 0.0447. The summed E-state index contributed by atoms with van der Waals surface area (Å²) in [5, 5.41) is 3.03. The Morgan fingerprint density at radius 2 is 2.12 bits per heavy atom. The first-order valence-electron chi connectivity index (χ1n) is 6.04. The molecule has 2 fully saturated rings. The average Bonchev–Trinajstić information content (AvgIpc) is 2.27. The Bertz CT molecular complexity index is 235. The van der Waals surface area contributed by atoms with Gasteiger partial charge in [-0.3, -0.25) is 0 Å². The summed E-state index contributed by atoms with van der Waals surface area (Å²) in [7, 11) is 0. The van der Waals surface area contributed by atoms with Gasteiger partial charge in [-0.1, -0.05) is 0 Å². The monoisotopic (exact) mass is 228 g/mol. The number of rotatable bonds is 3. The fourth-order valence-electron chi connectivity index (χ4n) is 2.09. The summed E-state index contributed by atoms with van der Waals surface area (Å²) in [6.07, 6.45) is 2.24. The van der Waals surface area contributed by atoms with E-state index < -0.39 is 0 Å². The van der Waals surface area contributed by atoms with Crippen molar-refractivity contribution in [1.29, 1.82) is 0 Å². The Hall–Kier alpha value is -0.810. The molecule has 0 atom stereocenters. The predicted octanol–water partition coefficient (Wildman–Crippen LogP) is 0.596. The predicted molar refractivity (Wildman–Crippen MR) is 59.4 cm³/mol. The fourth-order valence-corrected chi connectivity index (χ4v) is 2.09. The van der Waals surface area contributed by atoms with Crippen molar-refractivity contribution in [2.24, 2.45) is 0 Å². The van der Waals surface area contributed by atoms with Gasteiger partial charge < -0.3 is 19.7 Å². The molecule has 1 aliphatic carbocycles. The van der Waals surface area contributed by atoms with Crippen LogP contribution >= 0.6 is 0 Å². The maximum atomic E-state index is 11.8. The van der Waals surface area contributed by atoms with Gasteiger partial charge in [0.15, 0.2) is 0 Å². The highest BCUT2D eigenvalue weighted by atomic mass is 16.5. The second kappa shape index (κ2) is 5.50. The van der Waals surface area contributed by atoms with Gasteiger partial charge in [-0.25, -0.2) is 4.79 Å². The first kappa shape index (κ1) is 11.7. The van der Waals surface area contributed by atoms with Crippen LogP contribution in [0.3, 0.4) is 0 Å². The van der Waals surface area contributed by atoms with Crippen LogP contribution in [0.25, 0.3) is 0 Å². The minimum Gasteiger partial charge on any atom is -0.378 e. The molecule has 0 unspecified atom stereocenters. The summed E-state index contributed by atoms with van der Waals surface area (Å²) in [5.74, 6) is 0. The Morgan fingerprint density at radius 1 is 1.44 bits per heavy atom. The minimum atomic E-state index is 0.0447. The molecule has 0 spiro atoms. The molecule has 1 saturated heterocycles. The molecule has 0 bridgehead atoms. The first-order chi connectivity index (χ1) is 7.79. The zero-order chi connectivity index (χ0) is 11.4. The van der Waals surface area contributed by atoms with Crippen molar-refractivity contribution in [2.45, 2.75) is 31.9 Å². The van der Waals surface area contributed by atoms with Crippen LogP contribution in [0.1, 0.15) is 19.8 Å². The topological polar surface area (TPSA) is 50.8 Å². The summed E-state index contributed by atoms with van der Waals surface area (Å²) < 4.78 is 10.7. The molecule has 1 N–H and O–H groups in total. The highest BCUT2D eigenvalue weighted by Gasteiger charge is 2.31. The third kappa shape index (κ3) is 2.86. The molecule has 16 heavy (non-hydrogen) atoms. The van der Waals surface area contributed by atoms with Crippen molar-refractivity contribution in [1.82, 2.24) is 10.2 Å². The van der Waals surface area contributed by atoms with Gasteiger partial charge in [-0.05, 0) is 19.8 Å². The van der Waals surface area contributed by atoms with E-state index in [4.69, 9.17) is 9.47 Å². The lowest BCUT2D eigenvalue weighted by Crippen LogP contribution is -2.54. The van der Waals surface area contributed by atoms with Gasteiger partial charge in [0, 0.05) is 25.7 Å². The van der Waals surface area contributed by atoms with Gasteiger partial charge in [0.25, 0.3) is 0 Å². The van der Waals surface area contributed by atoms with E-state index in [-0.39, 0.29) is 6.03 Å². The van der Waals surface area contributed by atoms with Gasteiger partial charge in [0.05, 0.1) is 19.3 Å². The largest absolute Gasteiger partial charge is 0.378 e. The van der Waals surface area contributed by atoms with E-state index in [1.165, 1.54) is 0 Å². The summed E-state index contributed by atoms with van der Waals surface area (Å²) in [4.78, 5) is 13.6. The van der Waals surface area contributed by atoms with Gasteiger partial charge in [-0.2, -0.15) is 0 Å². The molecular formula is C11H20N2O3. The van der Waals surface area contributed by atoms with Crippen LogP contribution in [-0.4, -0.2) is 56.0 Å². The van der Waals surface area contributed by atoms with Crippen LogP contribution in [-0.2, 0) is 9.47 Å². The lowest BCUT2D eigenvalue weighted by atomic mass is 9.89. The zero-order valence-electron chi connectivity index (χ0n) is 9.78. The number of amides is 2. The van der Waals surface area contributed by atoms with Gasteiger partial charge >= 0.3 is 6.03 Å². The van der Waals surface area contributed by atoms with E-state index in [9.17, 15) is 4.79 Å². The molecule has 1 aliphatic heterocycles. The van der Waals surface area contributed by atoms with Gasteiger partial charge in [-0.15, -0.1) is 0 Å². The summed E-state index contributed by atoms with van der Waals surface area (Å²) in [6, 6.07) is 0.343. The summed E-state index contributed by atoms with van der Waals surface area (Å²) in [5.41, 5.74) is 0. The van der Waals surface area contributed by atoms with E-state index in [1.54, 1.807) is 0 Å². The number of carbonyl (C=O) groups is 1. The Balaban J connectivity index is 1.64. The van der Waals surface area contributed by atoms with Crippen molar-refractivity contribution in [3.05, 3.63) is 0 Å². The molecular weight excluding hydrogens is 208 g/mol. The third-order valence-corrected chi connectivity index (χ3v) is 3.12. The highest BCUT2D eigenvalue weighted by Crippen LogP contribution is 2.23. The van der Waals surface area contributed by atoms with Crippen LogP contribution in [0.15, 0.2) is 0 Å². The van der Waals surface area contributed by atoms with Crippen molar-refractivity contribution in [2.75, 3.05) is 32.9 Å². The fraction of sp³-hybridized carbons (Fsp3) is 0.909. The Morgan fingerprint density at radius 3 is 2.75 bits per heavy atom. The number of ether oxygens (including phenoxy) is 2. The highest BCUT2D eigenvalue weighted by molar-refractivity contribution is 5.74. The zero-order valence-corrected chi connectivity index (χ0v) is 9.78. The second-order valence-corrected chi connectivity index (χ2v) is 4.29. The molecule has 0 aromatic rings. The summed E-state index contributed by atoms with van der Waals surface area (Å²) in [6.45, 7) is 5.47. The number of urea groups is 1. The van der Waals surface area contributed by atoms with Crippen molar-refractivity contribution in [3.63, 3.8) is 0 Å². The van der Waals surface area contributed by atoms with Crippen molar-refractivity contribution >= 4 is 6.03 Å². The standard InChI is InChI=1S/C11H20N2O3/c1-2-16-10-7-9(8-10)12-11(14)13-3-5-15-6-4-13/h9-10H,2-8H2,1H3,(H,12,14). The van der Waals surface area contributed by atoms with Gasteiger partial charge in [0.1, 0.15) is 0 Å². The molecule has 0 aromatic heterocycles. The smallest absolute Gasteiger partial charge is 0.317 e. The Kier molecular flexibility index (Phi) is 4.01. The lowest BCUT2D eigenvalue weighted by Gasteiger charge is -2.37. The van der Waals surface area contributed by atoms with E-state index in [0.717, 1.165) is 19.4 Å². The number of hydrogen-bond acceptors (Lipinski definition) is 3. The molecule has 0 aromatic carbocycles. The molecule has 2 aliphatic rings. The number of nitrogens with zero attached hydrogens (tertiary/aromatic N) is 1. The van der Waals surface area contributed by atoms with E-state index in [1.807, 2.05) is 11.8 Å². The van der Waals surface area contributed by atoms with E-state index in [2.05, 4.69) is 5.32 Å².